The Bertz CT molecular complexity index is 1110. The maximum absolute atomic E-state index is 12.5. The monoisotopic (exact) mass is 386 g/mol. The van der Waals surface area contributed by atoms with Crippen LogP contribution in [0.25, 0.3) is 10.9 Å². The zero-order valence-electron chi connectivity index (χ0n) is 14.6. The number of hydrogen-bond donors (Lipinski definition) is 1. The fraction of sp³-hybridized carbons (Fsp3) is 0.278. The predicted octanol–water partition coefficient (Wildman–Crippen LogP) is 2.13. The van der Waals surface area contributed by atoms with Crippen LogP contribution in [0, 0.1) is 5.92 Å². The fourth-order valence-electron chi connectivity index (χ4n) is 3.21. The van der Waals surface area contributed by atoms with Crippen molar-refractivity contribution >= 4 is 32.5 Å². The first-order chi connectivity index (χ1) is 12.9. The number of hydrogen-bond acceptors (Lipinski definition) is 6. The molecule has 1 fully saturated rings. The maximum atomic E-state index is 12.5. The van der Waals surface area contributed by atoms with E-state index in [0.29, 0.717) is 29.1 Å². The van der Waals surface area contributed by atoms with Gasteiger partial charge in [-0.05, 0) is 30.7 Å². The van der Waals surface area contributed by atoms with Crippen LogP contribution < -0.4 is 10.1 Å². The number of pyridine rings is 1. The van der Waals surface area contributed by atoms with Gasteiger partial charge < -0.3 is 10.1 Å². The van der Waals surface area contributed by atoms with E-state index in [1.54, 1.807) is 42.3 Å². The van der Waals surface area contributed by atoms with Crippen molar-refractivity contribution in [2.24, 2.45) is 13.0 Å². The molecule has 0 radical (unpaired) electrons. The number of benzene rings is 1. The van der Waals surface area contributed by atoms with E-state index < -0.39 is 15.8 Å². The molecule has 1 atom stereocenters. The lowest BCUT2D eigenvalue weighted by molar-refractivity contribution is -0.119. The van der Waals surface area contributed by atoms with Gasteiger partial charge in [0.15, 0.2) is 15.7 Å². The molecule has 0 bridgehead atoms. The van der Waals surface area contributed by atoms with Crippen molar-refractivity contribution in [3.63, 3.8) is 0 Å². The molecule has 1 aromatic carbocycles. The van der Waals surface area contributed by atoms with Gasteiger partial charge in [-0.1, -0.05) is 6.07 Å². The topological polar surface area (TPSA) is 103 Å². The van der Waals surface area contributed by atoms with Crippen molar-refractivity contribution < 1.29 is 17.9 Å². The third-order valence-electron chi connectivity index (χ3n) is 4.55. The number of rotatable bonds is 4. The van der Waals surface area contributed by atoms with Crippen molar-refractivity contribution in [3.8, 4) is 11.5 Å². The second-order valence-electron chi connectivity index (χ2n) is 6.50. The molecule has 140 valence electrons. The molecule has 1 unspecified atom stereocenters. The molecule has 4 rings (SSSR count). The first-order valence-electron chi connectivity index (χ1n) is 8.48. The van der Waals surface area contributed by atoms with Crippen molar-refractivity contribution in [1.82, 2.24) is 14.8 Å². The average molecular weight is 386 g/mol. The van der Waals surface area contributed by atoms with Crippen molar-refractivity contribution in [2.75, 3.05) is 16.8 Å². The van der Waals surface area contributed by atoms with E-state index in [2.05, 4.69) is 15.4 Å². The van der Waals surface area contributed by atoms with Gasteiger partial charge >= 0.3 is 0 Å². The summed E-state index contributed by atoms with van der Waals surface area (Å²) in [5.41, 5.74) is 0.783. The van der Waals surface area contributed by atoms with Gasteiger partial charge in [-0.15, -0.1) is 0 Å². The van der Waals surface area contributed by atoms with Gasteiger partial charge in [-0.25, -0.2) is 8.42 Å². The minimum absolute atomic E-state index is 0.0451. The van der Waals surface area contributed by atoms with Crippen LogP contribution >= 0.6 is 0 Å². The van der Waals surface area contributed by atoms with Crippen LogP contribution in [0.1, 0.15) is 6.42 Å². The molecule has 27 heavy (non-hydrogen) atoms. The number of ether oxygens (including phenoxy) is 1. The van der Waals surface area contributed by atoms with E-state index in [-0.39, 0.29) is 17.4 Å². The number of nitrogens with one attached hydrogen (secondary N) is 1. The van der Waals surface area contributed by atoms with Gasteiger partial charge in [0.05, 0.1) is 34.5 Å². The molecule has 2 aromatic heterocycles. The summed E-state index contributed by atoms with van der Waals surface area (Å²) in [5, 5.41) is 7.81. The minimum atomic E-state index is -3.14. The van der Waals surface area contributed by atoms with Crippen molar-refractivity contribution in [2.45, 2.75) is 6.42 Å². The number of amides is 1. The highest BCUT2D eigenvalue weighted by atomic mass is 32.2. The molecular weight excluding hydrogens is 368 g/mol. The summed E-state index contributed by atoms with van der Waals surface area (Å²) in [5.74, 6) is 0.467. The molecule has 9 heteroatoms. The number of carbonyl (C=O) groups is 1. The molecule has 1 aliphatic heterocycles. The zero-order valence-corrected chi connectivity index (χ0v) is 15.4. The minimum Gasteiger partial charge on any atom is -0.455 e. The fourth-order valence-corrected chi connectivity index (χ4v) is 4.95. The Hall–Kier alpha value is -2.94. The lowest BCUT2D eigenvalue weighted by atomic mass is 10.1. The highest BCUT2D eigenvalue weighted by Crippen LogP contribution is 2.35. The van der Waals surface area contributed by atoms with Gasteiger partial charge in [0.2, 0.25) is 5.91 Å². The van der Waals surface area contributed by atoms with Crippen molar-refractivity contribution in [3.05, 3.63) is 42.7 Å². The normalized spacial score (nSPS) is 18.5. The lowest BCUT2D eigenvalue weighted by Gasteiger charge is -2.10. The smallest absolute Gasteiger partial charge is 0.229 e. The highest BCUT2D eigenvalue weighted by Gasteiger charge is 2.33. The van der Waals surface area contributed by atoms with Gasteiger partial charge in [-0.3, -0.25) is 14.5 Å². The second kappa shape index (κ2) is 6.66. The predicted molar refractivity (Wildman–Crippen MR) is 100 cm³/mol. The number of sulfone groups is 1. The quantitative estimate of drug-likeness (QED) is 0.737. The van der Waals surface area contributed by atoms with Crippen LogP contribution in [0.4, 0.5) is 5.82 Å². The third kappa shape index (κ3) is 3.50. The van der Waals surface area contributed by atoms with Crippen LogP contribution in [0.15, 0.2) is 42.7 Å². The Balaban J connectivity index is 1.68. The van der Waals surface area contributed by atoms with E-state index in [0.717, 1.165) is 5.52 Å². The Morgan fingerprint density at radius 2 is 2.15 bits per heavy atom. The molecule has 0 aliphatic carbocycles. The maximum Gasteiger partial charge on any atom is 0.229 e. The zero-order chi connectivity index (χ0) is 19.0. The Labute approximate surface area is 156 Å². The van der Waals surface area contributed by atoms with Gasteiger partial charge in [0, 0.05) is 13.2 Å². The Morgan fingerprint density at radius 1 is 1.30 bits per heavy atom. The molecule has 3 aromatic rings. The summed E-state index contributed by atoms with van der Waals surface area (Å²) in [6.45, 7) is 0. The van der Waals surface area contributed by atoms with Crippen LogP contribution in [0.3, 0.4) is 0 Å². The van der Waals surface area contributed by atoms with Crippen LogP contribution in [-0.4, -0.2) is 40.6 Å². The van der Waals surface area contributed by atoms with Gasteiger partial charge in [0.1, 0.15) is 11.5 Å². The lowest BCUT2D eigenvalue weighted by Crippen LogP contribution is -2.24. The summed E-state index contributed by atoms with van der Waals surface area (Å²) in [7, 11) is -1.37. The third-order valence-corrected chi connectivity index (χ3v) is 6.31. The summed E-state index contributed by atoms with van der Waals surface area (Å²) in [4.78, 5) is 16.6. The molecule has 1 aliphatic rings. The van der Waals surface area contributed by atoms with E-state index in [1.165, 1.54) is 0 Å². The van der Waals surface area contributed by atoms with Crippen LogP contribution in [0.5, 0.6) is 11.5 Å². The highest BCUT2D eigenvalue weighted by molar-refractivity contribution is 7.91. The molecule has 1 amide bonds. The molecule has 1 N–H and O–H groups in total. The van der Waals surface area contributed by atoms with Crippen LogP contribution in [0.2, 0.25) is 0 Å². The Kier molecular flexibility index (Phi) is 4.31. The molecule has 1 saturated heterocycles. The van der Waals surface area contributed by atoms with Crippen LogP contribution in [-0.2, 0) is 21.7 Å². The molecule has 0 spiro atoms. The number of aromatic nitrogens is 3. The SMILES string of the molecule is Cn1nc(NC(=O)C2CCS(=O)(=O)C2)c2c(Oc3cccnc3)cccc21. The molecule has 8 nitrogen and oxygen atoms in total. The average Bonchev–Trinajstić information content (AvgIpc) is 3.16. The molecule has 0 saturated carbocycles. The number of nitrogens with zero attached hydrogens (tertiary/aromatic N) is 3. The largest absolute Gasteiger partial charge is 0.455 e. The van der Waals surface area contributed by atoms with E-state index in [9.17, 15) is 13.2 Å². The van der Waals surface area contributed by atoms with E-state index in [4.69, 9.17) is 4.74 Å². The summed E-state index contributed by atoms with van der Waals surface area (Å²) >= 11 is 0. The van der Waals surface area contributed by atoms with Gasteiger partial charge in [0.25, 0.3) is 0 Å². The second-order valence-corrected chi connectivity index (χ2v) is 8.73. The molecule has 3 heterocycles. The number of carbonyl (C=O) groups excluding carboxylic acids is 1. The number of anilines is 1. The number of fused-ring (bicyclic) bond motifs is 1. The Morgan fingerprint density at radius 3 is 2.85 bits per heavy atom. The summed E-state index contributed by atoms with van der Waals surface area (Å²) in [6, 6.07) is 9.04. The standard InChI is InChI=1S/C18H18N4O4S/c1-22-14-5-2-6-15(26-13-4-3-8-19-10-13)16(14)17(21-22)20-18(23)12-7-9-27(24,25)11-12/h2-6,8,10,12H,7,9,11H2,1H3,(H,20,21,23). The summed E-state index contributed by atoms with van der Waals surface area (Å²) in [6.07, 6.45) is 3.58. The van der Waals surface area contributed by atoms with E-state index in [1.807, 2.05) is 12.1 Å². The first-order valence-corrected chi connectivity index (χ1v) is 10.3. The van der Waals surface area contributed by atoms with Crippen molar-refractivity contribution in [1.29, 1.82) is 0 Å². The molecular formula is C18H18N4O4S. The number of aryl methyl sites for hydroxylation is 1. The summed E-state index contributed by atoms with van der Waals surface area (Å²) < 4.78 is 30.9. The van der Waals surface area contributed by atoms with E-state index >= 15 is 0 Å². The van der Waals surface area contributed by atoms with Gasteiger partial charge in [-0.2, -0.15) is 5.10 Å². The first kappa shape index (κ1) is 17.5.